The van der Waals surface area contributed by atoms with Crippen LogP contribution in [-0.4, -0.2) is 37.2 Å². The first-order valence-electron chi connectivity index (χ1n) is 7.84. The molecule has 0 radical (unpaired) electrons. The lowest BCUT2D eigenvalue weighted by Gasteiger charge is -2.17. The third-order valence-corrected chi connectivity index (χ3v) is 3.35. The Kier molecular flexibility index (Phi) is 8.31. The molecule has 3 nitrogen and oxygen atoms in total. The highest BCUT2D eigenvalue weighted by atomic mass is 16.5. The topological polar surface area (TPSA) is 24.5 Å². The Bertz CT molecular complexity index is 345. The third kappa shape index (κ3) is 6.92. The van der Waals surface area contributed by atoms with Gasteiger partial charge in [0.1, 0.15) is 5.75 Å². The SMILES string of the molecule is CCN(CC)CCCNCc1ccc(OC(C)C)cc1. The first kappa shape index (κ1) is 17.0. The van der Waals surface area contributed by atoms with Crippen LogP contribution in [0.4, 0.5) is 0 Å². The van der Waals surface area contributed by atoms with Gasteiger partial charge in [-0.3, -0.25) is 0 Å². The molecule has 0 bridgehead atoms. The van der Waals surface area contributed by atoms with Crippen molar-refractivity contribution in [1.29, 1.82) is 0 Å². The fourth-order valence-electron chi connectivity index (χ4n) is 2.16. The van der Waals surface area contributed by atoms with Crippen LogP contribution in [0.25, 0.3) is 0 Å². The van der Waals surface area contributed by atoms with Crippen molar-refractivity contribution in [2.24, 2.45) is 0 Å². The van der Waals surface area contributed by atoms with Gasteiger partial charge in [-0.2, -0.15) is 0 Å². The summed E-state index contributed by atoms with van der Waals surface area (Å²) >= 11 is 0. The number of nitrogens with one attached hydrogen (secondary N) is 1. The largest absolute Gasteiger partial charge is 0.491 e. The Balaban J connectivity index is 2.19. The van der Waals surface area contributed by atoms with Gasteiger partial charge in [0.25, 0.3) is 0 Å². The highest BCUT2D eigenvalue weighted by Gasteiger charge is 1.99. The maximum atomic E-state index is 5.64. The van der Waals surface area contributed by atoms with Gasteiger partial charge in [0.05, 0.1) is 6.10 Å². The van der Waals surface area contributed by atoms with Crippen molar-refractivity contribution in [3.8, 4) is 5.75 Å². The highest BCUT2D eigenvalue weighted by Crippen LogP contribution is 2.13. The summed E-state index contributed by atoms with van der Waals surface area (Å²) in [6, 6.07) is 8.37. The third-order valence-electron chi connectivity index (χ3n) is 3.35. The standard InChI is InChI=1S/C17H30N2O/c1-5-19(6-2)13-7-12-18-14-16-8-10-17(11-9-16)20-15(3)4/h8-11,15,18H,5-7,12-14H2,1-4H3. The van der Waals surface area contributed by atoms with Crippen molar-refractivity contribution >= 4 is 0 Å². The quantitative estimate of drug-likeness (QED) is 0.665. The van der Waals surface area contributed by atoms with E-state index in [9.17, 15) is 0 Å². The summed E-state index contributed by atoms with van der Waals surface area (Å²) in [6.07, 6.45) is 1.44. The van der Waals surface area contributed by atoms with Gasteiger partial charge in [-0.25, -0.2) is 0 Å². The summed E-state index contributed by atoms with van der Waals surface area (Å²) in [7, 11) is 0. The fraction of sp³-hybridized carbons (Fsp3) is 0.647. The van der Waals surface area contributed by atoms with Crippen molar-refractivity contribution in [3.05, 3.63) is 29.8 Å². The molecule has 0 saturated heterocycles. The summed E-state index contributed by atoms with van der Waals surface area (Å²) in [5.41, 5.74) is 1.31. The molecular weight excluding hydrogens is 248 g/mol. The summed E-state index contributed by atoms with van der Waals surface area (Å²) in [4.78, 5) is 2.46. The van der Waals surface area contributed by atoms with E-state index in [1.54, 1.807) is 0 Å². The van der Waals surface area contributed by atoms with Crippen LogP contribution >= 0.6 is 0 Å². The minimum atomic E-state index is 0.235. The van der Waals surface area contributed by atoms with Gasteiger partial charge in [0.15, 0.2) is 0 Å². The van der Waals surface area contributed by atoms with Crippen LogP contribution in [0.15, 0.2) is 24.3 Å². The van der Waals surface area contributed by atoms with E-state index in [-0.39, 0.29) is 6.10 Å². The molecule has 0 aliphatic heterocycles. The van der Waals surface area contributed by atoms with E-state index < -0.39 is 0 Å². The van der Waals surface area contributed by atoms with E-state index in [0.29, 0.717) is 0 Å². The van der Waals surface area contributed by atoms with E-state index in [1.807, 2.05) is 26.0 Å². The van der Waals surface area contributed by atoms with E-state index in [4.69, 9.17) is 4.74 Å². The Morgan fingerprint density at radius 1 is 1.10 bits per heavy atom. The monoisotopic (exact) mass is 278 g/mol. The molecule has 0 amide bonds. The van der Waals surface area contributed by atoms with Crippen LogP contribution in [0.2, 0.25) is 0 Å². The van der Waals surface area contributed by atoms with Crippen molar-refractivity contribution in [2.75, 3.05) is 26.2 Å². The number of benzene rings is 1. The van der Waals surface area contributed by atoms with Crippen LogP contribution in [0.1, 0.15) is 39.7 Å². The summed E-state index contributed by atoms with van der Waals surface area (Å²) in [5, 5.41) is 3.50. The molecule has 20 heavy (non-hydrogen) atoms. The van der Waals surface area contributed by atoms with Crippen LogP contribution in [0, 0.1) is 0 Å². The molecule has 0 fully saturated rings. The second-order valence-electron chi connectivity index (χ2n) is 5.37. The lowest BCUT2D eigenvalue weighted by molar-refractivity contribution is 0.242. The van der Waals surface area contributed by atoms with Crippen LogP contribution in [0.3, 0.4) is 0 Å². The van der Waals surface area contributed by atoms with Gasteiger partial charge in [0.2, 0.25) is 0 Å². The molecule has 0 aliphatic rings. The second-order valence-corrected chi connectivity index (χ2v) is 5.37. The summed E-state index contributed by atoms with van der Waals surface area (Å²) < 4.78 is 5.64. The Hall–Kier alpha value is -1.06. The maximum Gasteiger partial charge on any atom is 0.119 e. The van der Waals surface area contributed by atoms with Crippen molar-refractivity contribution in [2.45, 2.75) is 46.8 Å². The lowest BCUT2D eigenvalue weighted by atomic mass is 10.2. The molecule has 1 aromatic rings. The minimum Gasteiger partial charge on any atom is -0.491 e. The first-order valence-corrected chi connectivity index (χ1v) is 7.84. The number of hydrogen-bond acceptors (Lipinski definition) is 3. The van der Waals surface area contributed by atoms with Crippen LogP contribution in [0.5, 0.6) is 5.75 Å². The average molecular weight is 278 g/mol. The van der Waals surface area contributed by atoms with Gasteiger partial charge in [-0.15, -0.1) is 0 Å². The molecule has 0 spiro atoms. The smallest absolute Gasteiger partial charge is 0.119 e. The van der Waals surface area contributed by atoms with Crippen molar-refractivity contribution < 1.29 is 4.74 Å². The van der Waals surface area contributed by atoms with Gasteiger partial charge in [-0.1, -0.05) is 26.0 Å². The average Bonchev–Trinajstić information content (AvgIpc) is 2.44. The molecule has 1 aromatic carbocycles. The van der Waals surface area contributed by atoms with E-state index >= 15 is 0 Å². The van der Waals surface area contributed by atoms with Gasteiger partial charge < -0.3 is 15.0 Å². The Labute approximate surface area is 124 Å². The first-order chi connectivity index (χ1) is 9.65. The van der Waals surface area contributed by atoms with Crippen molar-refractivity contribution in [1.82, 2.24) is 10.2 Å². The van der Waals surface area contributed by atoms with Gasteiger partial charge >= 0.3 is 0 Å². The fourth-order valence-corrected chi connectivity index (χ4v) is 2.16. The molecule has 0 atom stereocenters. The van der Waals surface area contributed by atoms with E-state index in [1.165, 1.54) is 18.5 Å². The molecule has 1 N–H and O–H groups in total. The molecule has 0 unspecified atom stereocenters. The zero-order valence-corrected chi connectivity index (χ0v) is 13.5. The van der Waals surface area contributed by atoms with Crippen LogP contribution < -0.4 is 10.1 Å². The Morgan fingerprint density at radius 3 is 2.30 bits per heavy atom. The molecule has 0 heterocycles. The van der Waals surface area contributed by atoms with Gasteiger partial charge in [0, 0.05) is 6.54 Å². The number of nitrogens with zero attached hydrogens (tertiary/aromatic N) is 1. The zero-order chi connectivity index (χ0) is 14.8. The molecule has 1 rings (SSSR count). The number of hydrogen-bond donors (Lipinski definition) is 1. The molecule has 0 aliphatic carbocycles. The molecule has 3 heteroatoms. The van der Waals surface area contributed by atoms with E-state index in [2.05, 4.69) is 36.2 Å². The van der Waals surface area contributed by atoms with Crippen LogP contribution in [-0.2, 0) is 6.54 Å². The predicted molar refractivity (Wildman–Crippen MR) is 86.3 cm³/mol. The molecule has 0 saturated carbocycles. The normalized spacial score (nSPS) is 11.3. The maximum absolute atomic E-state index is 5.64. The van der Waals surface area contributed by atoms with Crippen molar-refractivity contribution in [3.63, 3.8) is 0 Å². The zero-order valence-electron chi connectivity index (χ0n) is 13.5. The summed E-state index contributed by atoms with van der Waals surface area (Å²) in [5.74, 6) is 0.949. The lowest BCUT2D eigenvalue weighted by Crippen LogP contribution is -2.27. The number of ether oxygens (including phenoxy) is 1. The molecule has 114 valence electrons. The highest BCUT2D eigenvalue weighted by molar-refractivity contribution is 5.27. The summed E-state index contributed by atoms with van der Waals surface area (Å²) in [6.45, 7) is 14.0. The predicted octanol–water partition coefficient (Wildman–Crippen LogP) is 3.30. The Morgan fingerprint density at radius 2 is 1.75 bits per heavy atom. The second kappa shape index (κ2) is 9.78. The van der Waals surface area contributed by atoms with E-state index in [0.717, 1.165) is 31.9 Å². The number of rotatable bonds is 10. The molecular formula is C17H30N2O. The van der Waals surface area contributed by atoms with Gasteiger partial charge in [-0.05, 0) is 64.1 Å². The molecule has 0 aromatic heterocycles. The minimum absolute atomic E-state index is 0.235.